The Kier molecular flexibility index (Phi) is 3.90. The largest absolute Gasteiger partial charge is 0.478 e. The van der Waals surface area contributed by atoms with Gasteiger partial charge in [-0.3, -0.25) is 0 Å². The minimum Gasteiger partial charge on any atom is -0.478 e. The maximum atomic E-state index is 11.3. The molecule has 0 radical (unpaired) electrons. The topological polar surface area (TPSA) is 67.1 Å². The summed E-state index contributed by atoms with van der Waals surface area (Å²) >= 11 is 12.7. The number of aromatic carboxylic acids is 1. The minimum absolute atomic E-state index is 0.206. The minimum atomic E-state index is -0.979. The van der Waals surface area contributed by atoms with E-state index in [-0.39, 0.29) is 5.56 Å². The normalized spacial score (nSPS) is 12.7. The van der Waals surface area contributed by atoms with Crippen LogP contribution in [-0.2, 0) is 6.42 Å². The van der Waals surface area contributed by atoms with Crippen LogP contribution in [0.1, 0.15) is 15.9 Å². The first-order chi connectivity index (χ1) is 12.1. The van der Waals surface area contributed by atoms with Crippen LogP contribution in [0.15, 0.2) is 42.5 Å². The summed E-state index contributed by atoms with van der Waals surface area (Å²) < 4.78 is 1.71. The van der Waals surface area contributed by atoms with Crippen molar-refractivity contribution in [3.8, 4) is 16.9 Å². The van der Waals surface area contributed by atoms with Gasteiger partial charge in [-0.25, -0.2) is 9.48 Å². The van der Waals surface area contributed by atoms with E-state index >= 15 is 0 Å². The molecule has 2 heterocycles. The summed E-state index contributed by atoms with van der Waals surface area (Å²) in [6.45, 7) is 0.779. The van der Waals surface area contributed by atoms with Gasteiger partial charge in [0.25, 0.3) is 0 Å². The Hall–Kier alpha value is -2.50. The summed E-state index contributed by atoms with van der Waals surface area (Å²) in [4.78, 5) is 11.3. The van der Waals surface area contributed by atoms with Crippen molar-refractivity contribution in [2.24, 2.45) is 0 Å². The Morgan fingerprint density at radius 3 is 2.60 bits per heavy atom. The maximum Gasteiger partial charge on any atom is 0.335 e. The number of anilines is 1. The van der Waals surface area contributed by atoms with E-state index in [1.54, 1.807) is 41.1 Å². The number of aromatic nitrogens is 2. The van der Waals surface area contributed by atoms with Gasteiger partial charge < -0.3 is 10.4 Å². The van der Waals surface area contributed by atoms with Crippen LogP contribution in [0.3, 0.4) is 0 Å². The van der Waals surface area contributed by atoms with Crippen molar-refractivity contribution in [2.45, 2.75) is 6.42 Å². The highest BCUT2D eigenvalue weighted by Crippen LogP contribution is 2.40. The van der Waals surface area contributed by atoms with Crippen LogP contribution in [0, 0.1) is 0 Å². The number of hydrogen-bond acceptors (Lipinski definition) is 3. The predicted octanol–water partition coefficient (Wildman–Crippen LogP) is 4.51. The molecule has 0 aliphatic carbocycles. The molecule has 0 unspecified atom stereocenters. The lowest BCUT2D eigenvalue weighted by Crippen LogP contribution is -2.06. The van der Waals surface area contributed by atoms with E-state index < -0.39 is 5.97 Å². The quantitative estimate of drug-likeness (QED) is 0.708. The third-order valence-electron chi connectivity index (χ3n) is 4.19. The number of carboxylic acids is 1. The summed E-state index contributed by atoms with van der Waals surface area (Å²) in [6.07, 6.45) is 0.796. The monoisotopic (exact) mass is 373 g/mol. The molecular formula is C18H13Cl2N3O2. The second-order valence-electron chi connectivity index (χ2n) is 5.72. The SMILES string of the molecule is O=C(O)c1cccc(-n2nc(-c3c(Cl)cccc3Cl)c3c2NCC3)c1. The van der Waals surface area contributed by atoms with Gasteiger partial charge in [0.2, 0.25) is 0 Å². The van der Waals surface area contributed by atoms with Gasteiger partial charge in [-0.1, -0.05) is 35.3 Å². The fourth-order valence-electron chi connectivity index (χ4n) is 3.06. The third-order valence-corrected chi connectivity index (χ3v) is 4.82. The standard InChI is InChI=1S/C18H13Cl2N3O2/c19-13-5-2-6-14(20)15(13)16-12-7-8-21-17(12)23(22-16)11-4-1-3-10(9-11)18(24)25/h1-6,9,21H,7-8H2,(H,24,25). The highest BCUT2D eigenvalue weighted by Gasteiger charge is 2.26. The van der Waals surface area contributed by atoms with Gasteiger partial charge in [0.05, 0.1) is 21.3 Å². The number of halogens is 2. The van der Waals surface area contributed by atoms with Crippen molar-refractivity contribution >= 4 is 35.0 Å². The third kappa shape index (κ3) is 2.65. The number of nitrogens with zero attached hydrogens (tertiary/aromatic N) is 2. The molecule has 7 heteroatoms. The molecule has 25 heavy (non-hydrogen) atoms. The highest BCUT2D eigenvalue weighted by molar-refractivity contribution is 6.39. The molecule has 126 valence electrons. The molecule has 1 aromatic heterocycles. The van der Waals surface area contributed by atoms with E-state index in [0.29, 0.717) is 21.3 Å². The second-order valence-corrected chi connectivity index (χ2v) is 6.53. The molecule has 0 atom stereocenters. The van der Waals surface area contributed by atoms with E-state index in [1.807, 2.05) is 6.07 Å². The van der Waals surface area contributed by atoms with Crippen LogP contribution in [-0.4, -0.2) is 27.4 Å². The molecule has 1 aliphatic heterocycles. The van der Waals surface area contributed by atoms with Gasteiger partial charge in [0.1, 0.15) is 11.5 Å². The molecule has 2 aromatic carbocycles. The lowest BCUT2D eigenvalue weighted by atomic mass is 10.1. The van der Waals surface area contributed by atoms with Crippen LogP contribution in [0.25, 0.3) is 16.9 Å². The molecular weight excluding hydrogens is 361 g/mol. The molecule has 1 aliphatic rings. The highest BCUT2D eigenvalue weighted by atomic mass is 35.5. The van der Waals surface area contributed by atoms with Gasteiger partial charge in [-0.05, 0) is 36.8 Å². The van der Waals surface area contributed by atoms with Crippen molar-refractivity contribution in [1.82, 2.24) is 9.78 Å². The maximum absolute atomic E-state index is 11.3. The van der Waals surface area contributed by atoms with Crippen molar-refractivity contribution in [3.05, 3.63) is 63.6 Å². The first kappa shape index (κ1) is 16.0. The van der Waals surface area contributed by atoms with E-state index in [0.717, 1.165) is 30.0 Å². The van der Waals surface area contributed by atoms with Gasteiger partial charge in [-0.15, -0.1) is 0 Å². The van der Waals surface area contributed by atoms with E-state index in [1.165, 1.54) is 0 Å². The fourth-order valence-corrected chi connectivity index (χ4v) is 3.63. The van der Waals surface area contributed by atoms with Crippen LogP contribution >= 0.6 is 23.2 Å². The number of benzene rings is 2. The molecule has 3 aromatic rings. The number of carboxylic acid groups (broad SMARTS) is 1. The van der Waals surface area contributed by atoms with Crippen LogP contribution in [0.4, 0.5) is 5.82 Å². The van der Waals surface area contributed by atoms with E-state index in [4.69, 9.17) is 23.2 Å². The van der Waals surface area contributed by atoms with Gasteiger partial charge in [0, 0.05) is 17.7 Å². The van der Waals surface area contributed by atoms with Crippen molar-refractivity contribution in [2.75, 3.05) is 11.9 Å². The molecule has 0 fully saturated rings. The molecule has 2 N–H and O–H groups in total. The van der Waals surface area contributed by atoms with Crippen LogP contribution in [0.5, 0.6) is 0 Å². The van der Waals surface area contributed by atoms with Crippen LogP contribution in [0.2, 0.25) is 10.0 Å². The Balaban J connectivity index is 1.93. The molecule has 4 rings (SSSR count). The zero-order valence-electron chi connectivity index (χ0n) is 13.0. The zero-order chi connectivity index (χ0) is 17.6. The zero-order valence-corrected chi connectivity index (χ0v) is 14.5. The summed E-state index contributed by atoms with van der Waals surface area (Å²) in [5.41, 5.74) is 3.31. The summed E-state index contributed by atoms with van der Waals surface area (Å²) in [7, 11) is 0. The number of fused-ring (bicyclic) bond motifs is 1. The Morgan fingerprint density at radius 2 is 1.88 bits per heavy atom. The van der Waals surface area contributed by atoms with Crippen molar-refractivity contribution in [3.63, 3.8) is 0 Å². The number of hydrogen-bond donors (Lipinski definition) is 2. The molecule has 0 spiro atoms. The molecule has 0 bridgehead atoms. The fraction of sp³-hybridized carbons (Fsp3) is 0.111. The first-order valence-electron chi connectivity index (χ1n) is 7.70. The summed E-state index contributed by atoms with van der Waals surface area (Å²) in [6, 6.07) is 12.0. The van der Waals surface area contributed by atoms with Gasteiger partial charge >= 0.3 is 5.97 Å². The van der Waals surface area contributed by atoms with E-state index in [9.17, 15) is 9.90 Å². The Labute approximate surface area is 153 Å². The van der Waals surface area contributed by atoms with E-state index in [2.05, 4.69) is 10.4 Å². The smallest absolute Gasteiger partial charge is 0.335 e. The van der Waals surface area contributed by atoms with Crippen LogP contribution < -0.4 is 5.32 Å². The second kappa shape index (κ2) is 6.10. The lowest BCUT2D eigenvalue weighted by Gasteiger charge is -2.08. The Morgan fingerprint density at radius 1 is 1.16 bits per heavy atom. The predicted molar refractivity (Wildman–Crippen MR) is 98.2 cm³/mol. The molecule has 0 saturated carbocycles. The van der Waals surface area contributed by atoms with Crippen molar-refractivity contribution < 1.29 is 9.90 Å². The summed E-state index contributed by atoms with van der Waals surface area (Å²) in [5.74, 6) is -0.137. The average molecular weight is 374 g/mol. The van der Waals surface area contributed by atoms with Crippen molar-refractivity contribution in [1.29, 1.82) is 0 Å². The average Bonchev–Trinajstić information content (AvgIpc) is 3.18. The molecule has 0 saturated heterocycles. The number of nitrogens with one attached hydrogen (secondary N) is 1. The Bertz CT molecular complexity index is 978. The summed E-state index contributed by atoms with van der Waals surface area (Å²) in [5, 5.41) is 18.3. The molecule has 0 amide bonds. The number of carbonyl (C=O) groups is 1. The van der Waals surface area contributed by atoms with Gasteiger partial charge in [0.15, 0.2) is 0 Å². The lowest BCUT2D eigenvalue weighted by molar-refractivity contribution is 0.0697. The number of rotatable bonds is 3. The molecule has 5 nitrogen and oxygen atoms in total. The first-order valence-corrected chi connectivity index (χ1v) is 8.45. The van der Waals surface area contributed by atoms with Gasteiger partial charge in [-0.2, -0.15) is 5.10 Å².